The van der Waals surface area contributed by atoms with Crippen molar-refractivity contribution in [1.82, 2.24) is 9.80 Å². The van der Waals surface area contributed by atoms with Gasteiger partial charge in [-0.25, -0.2) is 0 Å². The number of piperazine rings is 1. The van der Waals surface area contributed by atoms with Gasteiger partial charge < -0.3 is 4.90 Å². The molecule has 108 valence electrons. The maximum Gasteiger partial charge on any atom is 0.239 e. The highest BCUT2D eigenvalue weighted by molar-refractivity contribution is 6.42. The molecule has 3 nitrogen and oxygen atoms in total. The molecule has 1 aromatic carbocycles. The Morgan fingerprint density at radius 1 is 1.30 bits per heavy atom. The normalized spacial score (nSPS) is 26.9. The smallest absolute Gasteiger partial charge is 0.239 e. The van der Waals surface area contributed by atoms with Gasteiger partial charge in [0.2, 0.25) is 5.91 Å². The molecule has 1 aromatic rings. The number of hydrogen-bond acceptors (Lipinski definition) is 2. The van der Waals surface area contributed by atoms with Crippen molar-refractivity contribution < 1.29 is 4.79 Å². The Hall–Kier alpha value is -0.770. The first-order valence-electron chi connectivity index (χ1n) is 7.04. The fraction of sp³-hybridized carbons (Fsp3) is 0.533. The zero-order valence-corrected chi connectivity index (χ0v) is 13.0. The Labute approximate surface area is 129 Å². The monoisotopic (exact) mass is 312 g/mol. The molecule has 0 spiro atoms. The van der Waals surface area contributed by atoms with Crippen LogP contribution in [0.5, 0.6) is 0 Å². The van der Waals surface area contributed by atoms with Crippen molar-refractivity contribution in [3.63, 3.8) is 0 Å². The van der Waals surface area contributed by atoms with Gasteiger partial charge in [-0.2, -0.15) is 0 Å². The number of amides is 1. The molecule has 0 aliphatic carbocycles. The second-order valence-electron chi connectivity index (χ2n) is 5.68. The lowest BCUT2D eigenvalue weighted by atomic mass is 10.1. The molecule has 5 heteroatoms. The number of carbonyl (C=O) groups is 1. The van der Waals surface area contributed by atoms with Crippen molar-refractivity contribution in [2.75, 3.05) is 13.1 Å². The summed E-state index contributed by atoms with van der Waals surface area (Å²) >= 11 is 12.0. The Morgan fingerprint density at radius 2 is 2.10 bits per heavy atom. The molecule has 2 atom stereocenters. The van der Waals surface area contributed by atoms with Gasteiger partial charge in [-0.3, -0.25) is 9.69 Å². The molecule has 0 bridgehead atoms. The highest BCUT2D eigenvalue weighted by atomic mass is 35.5. The zero-order valence-electron chi connectivity index (χ0n) is 11.5. The number of rotatable bonds is 2. The second kappa shape index (κ2) is 5.55. The summed E-state index contributed by atoms with van der Waals surface area (Å²) in [5.41, 5.74) is 1.10. The fourth-order valence-electron chi connectivity index (χ4n) is 3.21. The van der Waals surface area contributed by atoms with Gasteiger partial charge in [0.05, 0.1) is 16.1 Å². The van der Waals surface area contributed by atoms with E-state index in [1.807, 2.05) is 25.1 Å². The molecule has 2 fully saturated rings. The van der Waals surface area contributed by atoms with Crippen LogP contribution in [0.2, 0.25) is 10.0 Å². The number of halogens is 2. The number of fused-ring (bicyclic) bond motifs is 1. The van der Waals surface area contributed by atoms with E-state index >= 15 is 0 Å². The average Bonchev–Trinajstić information content (AvgIpc) is 2.88. The standard InChI is InChI=1S/C15H18Cl2N2O/c1-10-15(20)19-6-2-3-12(19)9-18(10)8-11-4-5-13(16)14(17)7-11/h4-5,7,10,12H,2-3,6,8-9H2,1H3/t10-,12-/m1/s1. The second-order valence-corrected chi connectivity index (χ2v) is 6.50. The summed E-state index contributed by atoms with van der Waals surface area (Å²) in [7, 11) is 0. The molecule has 2 heterocycles. The van der Waals surface area contributed by atoms with E-state index in [0.29, 0.717) is 16.1 Å². The molecule has 1 amide bonds. The summed E-state index contributed by atoms with van der Waals surface area (Å²) < 4.78 is 0. The first kappa shape index (κ1) is 14.2. The minimum absolute atomic E-state index is 0.0567. The van der Waals surface area contributed by atoms with Crippen LogP contribution in [0, 0.1) is 0 Å². The van der Waals surface area contributed by atoms with Gasteiger partial charge >= 0.3 is 0 Å². The number of carbonyl (C=O) groups excluding carboxylic acids is 1. The average molecular weight is 313 g/mol. The third-order valence-corrected chi connectivity index (χ3v) is 5.12. The van der Waals surface area contributed by atoms with Crippen LogP contribution in [-0.2, 0) is 11.3 Å². The van der Waals surface area contributed by atoms with Crippen molar-refractivity contribution in [2.45, 2.75) is 38.4 Å². The van der Waals surface area contributed by atoms with E-state index in [4.69, 9.17) is 23.2 Å². The third-order valence-electron chi connectivity index (χ3n) is 4.38. The highest BCUT2D eigenvalue weighted by Crippen LogP contribution is 2.28. The van der Waals surface area contributed by atoms with E-state index in [0.717, 1.165) is 38.0 Å². The van der Waals surface area contributed by atoms with E-state index in [2.05, 4.69) is 9.80 Å². The maximum absolute atomic E-state index is 12.4. The van der Waals surface area contributed by atoms with Crippen LogP contribution in [0.3, 0.4) is 0 Å². The van der Waals surface area contributed by atoms with E-state index < -0.39 is 0 Å². The Balaban J connectivity index is 1.76. The van der Waals surface area contributed by atoms with Gasteiger partial charge in [-0.15, -0.1) is 0 Å². The summed E-state index contributed by atoms with van der Waals surface area (Å²) in [6.45, 7) is 4.62. The van der Waals surface area contributed by atoms with Gasteiger partial charge in [0.25, 0.3) is 0 Å². The van der Waals surface area contributed by atoms with Crippen molar-refractivity contribution in [1.29, 1.82) is 0 Å². The van der Waals surface area contributed by atoms with Crippen LogP contribution < -0.4 is 0 Å². The molecular weight excluding hydrogens is 295 g/mol. The van der Waals surface area contributed by atoms with E-state index in [1.165, 1.54) is 0 Å². The first-order valence-corrected chi connectivity index (χ1v) is 7.80. The van der Waals surface area contributed by atoms with Crippen LogP contribution >= 0.6 is 23.2 Å². The van der Waals surface area contributed by atoms with Crippen molar-refractivity contribution >= 4 is 29.1 Å². The predicted molar refractivity (Wildman–Crippen MR) is 81.1 cm³/mol. The summed E-state index contributed by atoms with van der Waals surface area (Å²) in [5.74, 6) is 0.263. The molecule has 0 aromatic heterocycles. The van der Waals surface area contributed by atoms with E-state index in [1.54, 1.807) is 0 Å². The maximum atomic E-state index is 12.4. The molecule has 2 aliphatic heterocycles. The van der Waals surface area contributed by atoms with Crippen LogP contribution in [0.25, 0.3) is 0 Å². The minimum Gasteiger partial charge on any atom is -0.337 e. The number of nitrogens with zero attached hydrogens (tertiary/aromatic N) is 2. The number of benzene rings is 1. The van der Waals surface area contributed by atoms with Crippen LogP contribution in [-0.4, -0.2) is 40.9 Å². The van der Waals surface area contributed by atoms with Crippen LogP contribution in [0.15, 0.2) is 18.2 Å². The van der Waals surface area contributed by atoms with E-state index in [-0.39, 0.29) is 11.9 Å². The lowest BCUT2D eigenvalue weighted by Gasteiger charge is -2.41. The molecule has 0 N–H and O–H groups in total. The molecule has 3 rings (SSSR count). The Kier molecular flexibility index (Phi) is 3.93. The zero-order chi connectivity index (χ0) is 14.3. The summed E-state index contributed by atoms with van der Waals surface area (Å²) in [5, 5.41) is 1.14. The SMILES string of the molecule is C[C@@H]1C(=O)N2CCC[C@@H]2CN1Cc1ccc(Cl)c(Cl)c1. The molecule has 0 radical (unpaired) electrons. The molecule has 20 heavy (non-hydrogen) atoms. The van der Waals surface area contributed by atoms with Crippen LogP contribution in [0.1, 0.15) is 25.3 Å². The van der Waals surface area contributed by atoms with Gasteiger partial charge in [0.15, 0.2) is 0 Å². The molecule has 0 saturated carbocycles. The summed E-state index contributed by atoms with van der Waals surface area (Å²) in [4.78, 5) is 16.7. The predicted octanol–water partition coefficient (Wildman–Crippen LogP) is 3.19. The minimum atomic E-state index is -0.0567. The lowest BCUT2D eigenvalue weighted by Crippen LogP contribution is -2.58. The fourth-order valence-corrected chi connectivity index (χ4v) is 3.54. The first-order chi connectivity index (χ1) is 9.56. The largest absolute Gasteiger partial charge is 0.337 e. The Morgan fingerprint density at radius 3 is 2.85 bits per heavy atom. The number of hydrogen-bond donors (Lipinski definition) is 0. The molecular formula is C15H18Cl2N2O. The van der Waals surface area contributed by atoms with E-state index in [9.17, 15) is 4.79 Å². The quantitative estimate of drug-likeness (QED) is 0.837. The third kappa shape index (κ3) is 2.54. The Bertz CT molecular complexity index is 535. The molecule has 0 unspecified atom stereocenters. The highest BCUT2D eigenvalue weighted by Gasteiger charge is 2.39. The van der Waals surface area contributed by atoms with Gasteiger partial charge in [-0.1, -0.05) is 29.3 Å². The van der Waals surface area contributed by atoms with Gasteiger partial charge in [0.1, 0.15) is 0 Å². The van der Waals surface area contributed by atoms with Gasteiger partial charge in [0, 0.05) is 25.7 Å². The van der Waals surface area contributed by atoms with Crippen LogP contribution in [0.4, 0.5) is 0 Å². The summed E-state index contributed by atoms with van der Waals surface area (Å²) in [6.07, 6.45) is 2.25. The summed E-state index contributed by atoms with van der Waals surface area (Å²) in [6, 6.07) is 6.02. The van der Waals surface area contributed by atoms with Crippen molar-refractivity contribution in [3.05, 3.63) is 33.8 Å². The topological polar surface area (TPSA) is 23.6 Å². The van der Waals surface area contributed by atoms with Crippen molar-refractivity contribution in [3.8, 4) is 0 Å². The van der Waals surface area contributed by atoms with Gasteiger partial charge in [-0.05, 0) is 37.5 Å². The lowest BCUT2D eigenvalue weighted by molar-refractivity contribution is -0.143. The molecule has 2 saturated heterocycles. The molecule has 2 aliphatic rings. The van der Waals surface area contributed by atoms with Crippen molar-refractivity contribution in [2.24, 2.45) is 0 Å².